The number of ether oxygens (including phenoxy) is 1. The number of carbonyl (C=O) groups is 1. The fourth-order valence-corrected chi connectivity index (χ4v) is 1.76. The summed E-state index contributed by atoms with van der Waals surface area (Å²) in [4.78, 5) is 12.2. The third-order valence-corrected chi connectivity index (χ3v) is 2.96. The van der Waals surface area contributed by atoms with Crippen LogP contribution in [-0.4, -0.2) is 12.9 Å². The van der Waals surface area contributed by atoms with Gasteiger partial charge in [-0.1, -0.05) is 12.1 Å². The standard InChI is InChI=1S/C15H14FNO2/c1-9-3-4-11(8-13(9)17)15(18)10-5-6-14(19-2)12(16)7-10/h3-8H,17H2,1-2H3. The summed E-state index contributed by atoms with van der Waals surface area (Å²) < 4.78 is 18.4. The van der Waals surface area contributed by atoms with Crippen LogP contribution >= 0.6 is 0 Å². The molecule has 0 radical (unpaired) electrons. The summed E-state index contributed by atoms with van der Waals surface area (Å²) in [6.45, 7) is 1.86. The quantitative estimate of drug-likeness (QED) is 0.681. The first-order valence-corrected chi connectivity index (χ1v) is 5.77. The number of carbonyl (C=O) groups excluding carboxylic acids is 1. The van der Waals surface area contributed by atoms with Crippen LogP contribution in [0.5, 0.6) is 5.75 Å². The lowest BCUT2D eigenvalue weighted by atomic mass is 10.0. The number of benzene rings is 2. The average molecular weight is 259 g/mol. The van der Waals surface area contributed by atoms with Gasteiger partial charge in [-0.25, -0.2) is 4.39 Å². The van der Waals surface area contributed by atoms with Crippen molar-refractivity contribution in [3.63, 3.8) is 0 Å². The zero-order chi connectivity index (χ0) is 14.0. The molecule has 4 heteroatoms. The van der Waals surface area contributed by atoms with Crippen molar-refractivity contribution in [1.29, 1.82) is 0 Å². The summed E-state index contributed by atoms with van der Waals surface area (Å²) in [5, 5.41) is 0. The number of hydrogen-bond donors (Lipinski definition) is 1. The second kappa shape index (κ2) is 5.10. The van der Waals surface area contributed by atoms with Crippen LogP contribution in [0.4, 0.5) is 10.1 Å². The number of methoxy groups -OCH3 is 1. The number of ketones is 1. The van der Waals surface area contributed by atoms with Gasteiger partial charge in [0, 0.05) is 16.8 Å². The highest BCUT2D eigenvalue weighted by Crippen LogP contribution is 2.21. The van der Waals surface area contributed by atoms with Crippen molar-refractivity contribution in [2.24, 2.45) is 0 Å². The van der Waals surface area contributed by atoms with Gasteiger partial charge in [0.2, 0.25) is 0 Å². The molecule has 0 bridgehead atoms. The molecule has 0 saturated heterocycles. The van der Waals surface area contributed by atoms with Crippen LogP contribution < -0.4 is 10.5 Å². The van der Waals surface area contributed by atoms with Crippen molar-refractivity contribution in [2.75, 3.05) is 12.8 Å². The number of halogens is 1. The minimum atomic E-state index is -0.562. The van der Waals surface area contributed by atoms with E-state index in [0.29, 0.717) is 11.3 Å². The first-order valence-electron chi connectivity index (χ1n) is 5.77. The predicted octanol–water partition coefficient (Wildman–Crippen LogP) is 2.96. The minimum Gasteiger partial charge on any atom is -0.494 e. The van der Waals surface area contributed by atoms with Crippen LogP contribution in [0.3, 0.4) is 0 Å². The Bertz CT molecular complexity index is 638. The molecule has 0 aliphatic carbocycles. The molecular formula is C15H14FNO2. The van der Waals surface area contributed by atoms with Crippen LogP contribution in [0.1, 0.15) is 21.5 Å². The van der Waals surface area contributed by atoms with E-state index in [4.69, 9.17) is 10.5 Å². The summed E-state index contributed by atoms with van der Waals surface area (Å²) >= 11 is 0. The van der Waals surface area contributed by atoms with Gasteiger partial charge >= 0.3 is 0 Å². The van der Waals surface area contributed by atoms with Gasteiger partial charge in [-0.05, 0) is 36.8 Å². The molecule has 0 fully saturated rings. The molecule has 0 aliphatic heterocycles. The highest BCUT2D eigenvalue weighted by atomic mass is 19.1. The molecular weight excluding hydrogens is 245 g/mol. The maximum absolute atomic E-state index is 13.6. The van der Waals surface area contributed by atoms with Crippen LogP contribution in [0.15, 0.2) is 36.4 Å². The molecule has 2 aromatic carbocycles. The van der Waals surface area contributed by atoms with Gasteiger partial charge < -0.3 is 10.5 Å². The van der Waals surface area contributed by atoms with Crippen LogP contribution in [0.2, 0.25) is 0 Å². The Balaban J connectivity index is 2.38. The number of nitrogen functional groups attached to an aromatic ring is 1. The average Bonchev–Trinajstić information content (AvgIpc) is 2.41. The van der Waals surface area contributed by atoms with Gasteiger partial charge in [0.15, 0.2) is 17.3 Å². The molecule has 0 aromatic heterocycles. The Morgan fingerprint density at radius 2 is 1.79 bits per heavy atom. The summed E-state index contributed by atoms with van der Waals surface area (Å²) in [5.74, 6) is -0.721. The lowest BCUT2D eigenvalue weighted by Gasteiger charge is -2.06. The molecule has 3 nitrogen and oxygen atoms in total. The lowest BCUT2D eigenvalue weighted by Crippen LogP contribution is -2.04. The van der Waals surface area contributed by atoms with Crippen molar-refractivity contribution < 1.29 is 13.9 Å². The van der Waals surface area contributed by atoms with E-state index in [1.807, 2.05) is 6.92 Å². The highest BCUT2D eigenvalue weighted by Gasteiger charge is 2.13. The molecule has 0 heterocycles. The second-order valence-corrected chi connectivity index (χ2v) is 4.25. The van der Waals surface area contributed by atoms with E-state index in [2.05, 4.69) is 0 Å². The highest BCUT2D eigenvalue weighted by molar-refractivity contribution is 6.09. The van der Waals surface area contributed by atoms with E-state index in [1.54, 1.807) is 18.2 Å². The first-order chi connectivity index (χ1) is 9.02. The molecule has 0 aliphatic rings. The second-order valence-electron chi connectivity index (χ2n) is 4.25. The van der Waals surface area contributed by atoms with E-state index in [1.165, 1.54) is 19.2 Å². The Labute approximate surface area is 110 Å². The molecule has 98 valence electrons. The molecule has 2 rings (SSSR count). The molecule has 0 amide bonds. The maximum Gasteiger partial charge on any atom is 0.193 e. The summed E-state index contributed by atoms with van der Waals surface area (Å²) in [6.07, 6.45) is 0. The first kappa shape index (κ1) is 13.1. The molecule has 0 saturated carbocycles. The fourth-order valence-electron chi connectivity index (χ4n) is 1.76. The monoisotopic (exact) mass is 259 g/mol. The topological polar surface area (TPSA) is 52.3 Å². The minimum absolute atomic E-state index is 0.111. The Morgan fingerprint density at radius 1 is 1.16 bits per heavy atom. The van der Waals surface area contributed by atoms with Crippen molar-refractivity contribution in [2.45, 2.75) is 6.92 Å². The van der Waals surface area contributed by atoms with Gasteiger partial charge in [-0.3, -0.25) is 4.79 Å². The van der Waals surface area contributed by atoms with Gasteiger partial charge in [0.1, 0.15) is 0 Å². The zero-order valence-corrected chi connectivity index (χ0v) is 10.7. The van der Waals surface area contributed by atoms with E-state index in [-0.39, 0.29) is 17.1 Å². The Morgan fingerprint density at radius 3 is 2.37 bits per heavy atom. The zero-order valence-electron chi connectivity index (χ0n) is 10.7. The van der Waals surface area contributed by atoms with Crippen molar-refractivity contribution in [3.05, 3.63) is 58.9 Å². The van der Waals surface area contributed by atoms with Gasteiger partial charge in [0.25, 0.3) is 0 Å². The number of anilines is 1. The fraction of sp³-hybridized carbons (Fsp3) is 0.133. The van der Waals surface area contributed by atoms with Crippen LogP contribution in [0, 0.1) is 12.7 Å². The van der Waals surface area contributed by atoms with Crippen LogP contribution in [-0.2, 0) is 0 Å². The molecule has 2 aromatic rings. The summed E-state index contributed by atoms with van der Waals surface area (Å²) in [7, 11) is 1.38. The summed E-state index contributed by atoms with van der Waals surface area (Å²) in [6, 6.07) is 9.16. The molecule has 0 spiro atoms. The van der Waals surface area contributed by atoms with Crippen molar-refractivity contribution in [1.82, 2.24) is 0 Å². The Hall–Kier alpha value is -2.36. The predicted molar refractivity (Wildman–Crippen MR) is 72.0 cm³/mol. The van der Waals surface area contributed by atoms with Crippen molar-refractivity contribution in [3.8, 4) is 5.75 Å². The third-order valence-electron chi connectivity index (χ3n) is 2.96. The van der Waals surface area contributed by atoms with Crippen molar-refractivity contribution >= 4 is 11.5 Å². The van der Waals surface area contributed by atoms with E-state index >= 15 is 0 Å². The molecule has 0 atom stereocenters. The molecule has 19 heavy (non-hydrogen) atoms. The lowest BCUT2D eigenvalue weighted by molar-refractivity contribution is 0.103. The van der Waals surface area contributed by atoms with E-state index in [0.717, 1.165) is 11.6 Å². The smallest absolute Gasteiger partial charge is 0.193 e. The van der Waals surface area contributed by atoms with Gasteiger partial charge in [-0.15, -0.1) is 0 Å². The molecule has 2 N–H and O–H groups in total. The van der Waals surface area contributed by atoms with Crippen LogP contribution in [0.25, 0.3) is 0 Å². The number of aryl methyl sites for hydroxylation is 1. The normalized spacial score (nSPS) is 10.3. The Kier molecular flexibility index (Phi) is 3.51. The number of hydrogen-bond acceptors (Lipinski definition) is 3. The number of rotatable bonds is 3. The largest absolute Gasteiger partial charge is 0.494 e. The SMILES string of the molecule is COc1ccc(C(=O)c2ccc(C)c(N)c2)cc1F. The van der Waals surface area contributed by atoms with E-state index < -0.39 is 5.82 Å². The van der Waals surface area contributed by atoms with Gasteiger partial charge in [0.05, 0.1) is 7.11 Å². The number of nitrogens with two attached hydrogens (primary N) is 1. The summed E-state index contributed by atoms with van der Waals surface area (Å²) in [5.41, 5.74) is 7.91. The van der Waals surface area contributed by atoms with Gasteiger partial charge in [-0.2, -0.15) is 0 Å². The third kappa shape index (κ3) is 2.57. The van der Waals surface area contributed by atoms with E-state index in [9.17, 15) is 9.18 Å². The maximum atomic E-state index is 13.6. The molecule has 0 unspecified atom stereocenters.